The second kappa shape index (κ2) is 6.80. The van der Waals surface area contributed by atoms with Crippen molar-refractivity contribution in [2.75, 3.05) is 24.6 Å². The number of aliphatic carboxylic acids is 1. The largest absolute Gasteiger partial charge is 0.481 e. The van der Waals surface area contributed by atoms with Gasteiger partial charge < -0.3 is 5.11 Å². The SMILES string of the molecule is CC1CCC(CN2CCSCC2CC(=O)O)CC1. The molecule has 0 aromatic heterocycles. The van der Waals surface area contributed by atoms with Crippen molar-refractivity contribution in [3.05, 3.63) is 0 Å². The predicted octanol–water partition coefficient (Wildman–Crippen LogP) is 2.70. The van der Waals surface area contributed by atoms with Gasteiger partial charge >= 0.3 is 5.97 Å². The van der Waals surface area contributed by atoms with Crippen LogP contribution in [0, 0.1) is 11.8 Å². The number of rotatable bonds is 4. The number of carboxylic acid groups (broad SMARTS) is 1. The van der Waals surface area contributed by atoms with Gasteiger partial charge in [0.2, 0.25) is 0 Å². The lowest BCUT2D eigenvalue weighted by molar-refractivity contribution is -0.138. The molecule has 18 heavy (non-hydrogen) atoms. The van der Waals surface area contributed by atoms with Gasteiger partial charge in [0.15, 0.2) is 0 Å². The molecule has 2 rings (SSSR count). The maximum absolute atomic E-state index is 10.9. The van der Waals surface area contributed by atoms with E-state index in [1.807, 2.05) is 11.8 Å². The highest BCUT2D eigenvalue weighted by Gasteiger charge is 2.28. The first kappa shape index (κ1) is 14.2. The van der Waals surface area contributed by atoms with Crippen LogP contribution in [0.3, 0.4) is 0 Å². The number of carbonyl (C=O) groups is 1. The topological polar surface area (TPSA) is 40.5 Å². The van der Waals surface area contributed by atoms with E-state index in [4.69, 9.17) is 5.11 Å². The molecule has 4 heteroatoms. The minimum Gasteiger partial charge on any atom is -0.481 e. The number of thioether (sulfide) groups is 1. The Morgan fingerprint density at radius 1 is 1.33 bits per heavy atom. The van der Waals surface area contributed by atoms with Gasteiger partial charge in [0.1, 0.15) is 0 Å². The minimum absolute atomic E-state index is 0.264. The van der Waals surface area contributed by atoms with Gasteiger partial charge in [-0.15, -0.1) is 0 Å². The van der Waals surface area contributed by atoms with Gasteiger partial charge in [0, 0.05) is 30.6 Å². The molecular weight excluding hydrogens is 246 g/mol. The van der Waals surface area contributed by atoms with Crippen LogP contribution in [0.2, 0.25) is 0 Å². The van der Waals surface area contributed by atoms with Crippen molar-refractivity contribution >= 4 is 17.7 Å². The van der Waals surface area contributed by atoms with Crippen LogP contribution in [-0.2, 0) is 4.79 Å². The molecule has 0 radical (unpaired) electrons. The Kier molecular flexibility index (Phi) is 5.37. The average Bonchev–Trinajstić information content (AvgIpc) is 2.34. The van der Waals surface area contributed by atoms with E-state index in [1.54, 1.807) is 0 Å². The Labute approximate surface area is 114 Å². The highest BCUT2D eigenvalue weighted by atomic mass is 32.2. The fourth-order valence-corrected chi connectivity index (χ4v) is 4.29. The van der Waals surface area contributed by atoms with E-state index in [1.165, 1.54) is 31.4 Å². The van der Waals surface area contributed by atoms with Crippen LogP contribution in [0.1, 0.15) is 39.0 Å². The molecule has 0 spiro atoms. The van der Waals surface area contributed by atoms with Gasteiger partial charge in [-0.2, -0.15) is 11.8 Å². The van der Waals surface area contributed by atoms with Crippen molar-refractivity contribution in [1.29, 1.82) is 0 Å². The summed E-state index contributed by atoms with van der Waals surface area (Å²) in [5, 5.41) is 8.99. The minimum atomic E-state index is -0.648. The second-order valence-corrected chi connectivity index (χ2v) is 7.10. The molecule has 0 amide bonds. The normalized spacial score (nSPS) is 34.4. The van der Waals surface area contributed by atoms with Gasteiger partial charge in [-0.05, 0) is 24.7 Å². The highest BCUT2D eigenvalue weighted by molar-refractivity contribution is 7.99. The average molecular weight is 271 g/mol. The zero-order valence-electron chi connectivity index (χ0n) is 11.3. The van der Waals surface area contributed by atoms with Crippen LogP contribution in [0.25, 0.3) is 0 Å². The molecule has 2 aliphatic rings. The maximum Gasteiger partial charge on any atom is 0.304 e. The highest BCUT2D eigenvalue weighted by Crippen LogP contribution is 2.30. The van der Waals surface area contributed by atoms with E-state index in [0.29, 0.717) is 6.42 Å². The molecule has 2 fully saturated rings. The molecule has 0 bridgehead atoms. The molecule has 1 aliphatic heterocycles. The molecule has 1 heterocycles. The Hall–Kier alpha value is -0.220. The standard InChI is InChI=1S/C14H25NO2S/c1-11-2-4-12(5-3-11)9-15-6-7-18-10-13(15)8-14(16)17/h11-13H,2-10H2,1H3,(H,16,17). The first-order valence-electron chi connectivity index (χ1n) is 7.18. The van der Waals surface area contributed by atoms with Gasteiger partial charge in [0.05, 0.1) is 6.42 Å². The van der Waals surface area contributed by atoms with Crippen molar-refractivity contribution < 1.29 is 9.90 Å². The van der Waals surface area contributed by atoms with E-state index in [2.05, 4.69) is 11.8 Å². The third kappa shape index (κ3) is 4.16. The van der Waals surface area contributed by atoms with Crippen molar-refractivity contribution in [3.8, 4) is 0 Å². The fraction of sp³-hybridized carbons (Fsp3) is 0.929. The second-order valence-electron chi connectivity index (χ2n) is 5.95. The summed E-state index contributed by atoms with van der Waals surface area (Å²) in [4.78, 5) is 13.4. The van der Waals surface area contributed by atoms with Gasteiger partial charge in [-0.1, -0.05) is 19.8 Å². The zero-order chi connectivity index (χ0) is 13.0. The van der Waals surface area contributed by atoms with E-state index < -0.39 is 5.97 Å². The summed E-state index contributed by atoms with van der Waals surface area (Å²) in [6, 6.07) is 0.264. The summed E-state index contributed by atoms with van der Waals surface area (Å²) < 4.78 is 0. The van der Waals surface area contributed by atoms with E-state index in [0.717, 1.165) is 30.7 Å². The quantitative estimate of drug-likeness (QED) is 0.853. The molecule has 104 valence electrons. The van der Waals surface area contributed by atoms with Crippen LogP contribution in [0.4, 0.5) is 0 Å². The lowest BCUT2D eigenvalue weighted by Crippen LogP contribution is -2.46. The Morgan fingerprint density at radius 3 is 2.72 bits per heavy atom. The zero-order valence-corrected chi connectivity index (χ0v) is 12.1. The Morgan fingerprint density at radius 2 is 2.06 bits per heavy atom. The first-order valence-corrected chi connectivity index (χ1v) is 8.34. The van der Waals surface area contributed by atoms with E-state index >= 15 is 0 Å². The van der Waals surface area contributed by atoms with Crippen molar-refractivity contribution in [2.24, 2.45) is 11.8 Å². The van der Waals surface area contributed by atoms with Gasteiger partial charge in [-0.3, -0.25) is 9.69 Å². The molecule has 0 aromatic rings. The molecular formula is C14H25NO2S. The van der Waals surface area contributed by atoms with Crippen molar-refractivity contribution in [3.63, 3.8) is 0 Å². The Bertz CT molecular complexity index is 277. The monoisotopic (exact) mass is 271 g/mol. The van der Waals surface area contributed by atoms with Gasteiger partial charge in [0.25, 0.3) is 0 Å². The van der Waals surface area contributed by atoms with Crippen molar-refractivity contribution in [1.82, 2.24) is 4.90 Å². The van der Waals surface area contributed by atoms with E-state index in [9.17, 15) is 4.79 Å². The third-order valence-electron chi connectivity index (χ3n) is 4.39. The molecule has 1 aliphatic carbocycles. The molecule has 1 unspecified atom stereocenters. The van der Waals surface area contributed by atoms with E-state index in [-0.39, 0.29) is 6.04 Å². The summed E-state index contributed by atoms with van der Waals surface area (Å²) in [7, 11) is 0. The number of hydrogen-bond acceptors (Lipinski definition) is 3. The fourth-order valence-electron chi connectivity index (χ4n) is 3.16. The molecule has 1 saturated carbocycles. The number of carboxylic acids is 1. The summed E-state index contributed by atoms with van der Waals surface area (Å²) >= 11 is 1.91. The molecule has 0 aromatic carbocycles. The lowest BCUT2D eigenvalue weighted by Gasteiger charge is -2.38. The smallest absolute Gasteiger partial charge is 0.304 e. The van der Waals surface area contributed by atoms with Crippen LogP contribution >= 0.6 is 11.8 Å². The summed E-state index contributed by atoms with van der Waals surface area (Å²) in [6.45, 7) is 4.56. The van der Waals surface area contributed by atoms with Crippen molar-refractivity contribution in [2.45, 2.75) is 45.1 Å². The maximum atomic E-state index is 10.9. The lowest BCUT2D eigenvalue weighted by atomic mass is 9.82. The number of nitrogens with zero attached hydrogens (tertiary/aromatic N) is 1. The van der Waals surface area contributed by atoms with Crippen LogP contribution in [0.15, 0.2) is 0 Å². The number of hydrogen-bond donors (Lipinski definition) is 1. The Balaban J connectivity index is 1.83. The first-order chi connectivity index (χ1) is 8.65. The van der Waals surface area contributed by atoms with Crippen LogP contribution in [0.5, 0.6) is 0 Å². The molecule has 1 saturated heterocycles. The summed E-state index contributed by atoms with van der Waals surface area (Å²) in [6.07, 6.45) is 5.71. The summed E-state index contributed by atoms with van der Waals surface area (Å²) in [5.74, 6) is 3.22. The van der Waals surface area contributed by atoms with Crippen LogP contribution in [-0.4, -0.2) is 46.6 Å². The molecule has 1 N–H and O–H groups in total. The predicted molar refractivity (Wildman–Crippen MR) is 76.1 cm³/mol. The third-order valence-corrected chi connectivity index (χ3v) is 5.48. The van der Waals surface area contributed by atoms with Crippen LogP contribution < -0.4 is 0 Å². The molecule has 3 nitrogen and oxygen atoms in total. The molecule has 1 atom stereocenters. The summed E-state index contributed by atoms with van der Waals surface area (Å²) in [5.41, 5.74) is 0. The van der Waals surface area contributed by atoms with Gasteiger partial charge in [-0.25, -0.2) is 0 Å².